The van der Waals surface area contributed by atoms with Gasteiger partial charge in [-0.25, -0.2) is 0 Å². The highest BCUT2D eigenvalue weighted by Gasteiger charge is 2.40. The summed E-state index contributed by atoms with van der Waals surface area (Å²) in [4.78, 5) is 0. The summed E-state index contributed by atoms with van der Waals surface area (Å²) in [7, 11) is -5.31. The molecule has 0 saturated carbocycles. The van der Waals surface area contributed by atoms with Gasteiger partial charge in [0.25, 0.3) is 0 Å². The van der Waals surface area contributed by atoms with E-state index in [9.17, 15) is 17.2 Å². The van der Waals surface area contributed by atoms with Crippen LogP contribution in [-0.4, -0.2) is 18.2 Å². The Morgan fingerprint density at radius 3 is 2.38 bits per heavy atom. The van der Waals surface area contributed by atoms with Crippen molar-refractivity contribution in [3.05, 3.63) is 12.2 Å². The van der Waals surface area contributed by atoms with Gasteiger partial charge in [-0.1, -0.05) is 25.8 Å². The first-order valence-corrected chi connectivity index (χ1v) is 5.28. The molecule has 0 radical (unpaired) electrons. The highest BCUT2D eigenvalue weighted by atomic mass is 32.2. The maximum absolute atomic E-state index is 12.4. The van der Waals surface area contributed by atoms with Gasteiger partial charge in [-0.05, 0) is 12.5 Å². The minimum absolute atomic E-state index is 0.206. The van der Waals surface area contributed by atoms with E-state index in [1.165, 1.54) is 0 Å². The normalized spacial score (nSPS) is 13.8. The van der Waals surface area contributed by atoms with Crippen LogP contribution in [0.3, 0.4) is 0 Å². The van der Waals surface area contributed by atoms with E-state index in [0.29, 0.717) is 12.8 Å². The molecule has 0 atom stereocenters. The zero-order valence-electron chi connectivity index (χ0n) is 7.20. The third-order valence-electron chi connectivity index (χ3n) is 1.38. The lowest BCUT2D eigenvalue weighted by molar-refractivity contribution is 0.133. The second-order valence-electron chi connectivity index (χ2n) is 2.58. The van der Waals surface area contributed by atoms with Gasteiger partial charge in [-0.2, -0.15) is 17.2 Å². The molecule has 0 aromatic heterocycles. The molecule has 0 saturated heterocycles. The minimum Gasteiger partial charge on any atom is -0.281 e. The monoisotopic (exact) mass is 214 g/mol. The fraction of sp³-hybridized carbons (Fsp3) is 0.714. The number of hydrogen-bond acceptors (Lipinski definition) is 2. The maximum atomic E-state index is 12.4. The van der Waals surface area contributed by atoms with Crippen molar-refractivity contribution in [2.45, 2.75) is 31.4 Å². The van der Waals surface area contributed by atoms with Crippen molar-refractivity contribution in [1.29, 1.82) is 0 Å². The third kappa shape index (κ3) is 4.33. The van der Waals surface area contributed by atoms with Crippen molar-refractivity contribution in [3.63, 3.8) is 0 Å². The van der Waals surface area contributed by atoms with Crippen LogP contribution in [0.5, 0.6) is 0 Å². The lowest BCUT2D eigenvalue weighted by Gasteiger charge is -2.06. The Kier molecular flexibility index (Phi) is 4.49. The molecule has 0 rings (SSSR count). The molecule has 0 fully saturated rings. The number of halogens is 2. The Bertz CT molecular complexity index is 269. The van der Waals surface area contributed by atoms with Crippen LogP contribution in [0.2, 0.25) is 0 Å². The molecule has 0 aliphatic heterocycles. The van der Waals surface area contributed by atoms with E-state index in [4.69, 9.17) is 4.55 Å². The maximum Gasteiger partial charge on any atom is 0.388 e. The Morgan fingerprint density at radius 2 is 2.00 bits per heavy atom. The third-order valence-corrected chi connectivity index (χ3v) is 2.20. The quantitative estimate of drug-likeness (QED) is 0.433. The topological polar surface area (TPSA) is 54.4 Å². The summed E-state index contributed by atoms with van der Waals surface area (Å²) in [6.07, 6.45) is 3.18. The number of rotatable bonds is 5. The summed E-state index contributed by atoms with van der Waals surface area (Å²) in [6.45, 7) is 1.88. The fourth-order valence-electron chi connectivity index (χ4n) is 0.628. The first-order valence-electron chi connectivity index (χ1n) is 3.84. The Labute approximate surface area is 76.2 Å². The van der Waals surface area contributed by atoms with E-state index in [-0.39, 0.29) is 6.08 Å². The zero-order valence-corrected chi connectivity index (χ0v) is 8.02. The van der Waals surface area contributed by atoms with Crippen molar-refractivity contribution in [1.82, 2.24) is 0 Å². The Balaban J connectivity index is 4.26. The first-order chi connectivity index (χ1) is 5.81. The van der Waals surface area contributed by atoms with E-state index in [1.807, 2.05) is 6.92 Å². The highest BCUT2D eigenvalue weighted by Crippen LogP contribution is 2.22. The van der Waals surface area contributed by atoms with Crippen molar-refractivity contribution < 1.29 is 21.8 Å². The van der Waals surface area contributed by atoms with Gasteiger partial charge in [0.05, 0.1) is 0 Å². The number of alkyl halides is 2. The molecule has 0 amide bonds. The lowest BCUT2D eigenvalue weighted by Crippen LogP contribution is -2.25. The standard InChI is InChI=1S/C7H12F2O3S/c1-2-3-4-5-6-7(8,9)13(10,11)12/h5-6H,2-4H2,1H3,(H,10,11,12)/b6-5+. The molecule has 0 bridgehead atoms. The van der Waals surface area contributed by atoms with Crippen LogP contribution >= 0.6 is 0 Å². The van der Waals surface area contributed by atoms with Gasteiger partial charge in [0.15, 0.2) is 0 Å². The predicted octanol–water partition coefficient (Wildman–Crippen LogP) is 2.21. The van der Waals surface area contributed by atoms with Crippen LogP contribution in [0.25, 0.3) is 0 Å². The van der Waals surface area contributed by atoms with Gasteiger partial charge in [0.2, 0.25) is 0 Å². The van der Waals surface area contributed by atoms with Gasteiger partial charge in [0.1, 0.15) is 0 Å². The van der Waals surface area contributed by atoms with Gasteiger partial charge in [-0.3, -0.25) is 4.55 Å². The molecule has 1 N–H and O–H groups in total. The molecule has 0 heterocycles. The van der Waals surface area contributed by atoms with Crippen LogP contribution in [0.1, 0.15) is 26.2 Å². The van der Waals surface area contributed by atoms with E-state index in [2.05, 4.69) is 0 Å². The fourth-order valence-corrected chi connectivity index (χ4v) is 0.897. The van der Waals surface area contributed by atoms with Crippen molar-refractivity contribution >= 4 is 10.1 Å². The van der Waals surface area contributed by atoms with Crippen molar-refractivity contribution in [2.24, 2.45) is 0 Å². The molecule has 78 valence electrons. The Hall–Kier alpha value is -0.490. The van der Waals surface area contributed by atoms with E-state index in [1.54, 1.807) is 0 Å². The highest BCUT2D eigenvalue weighted by molar-refractivity contribution is 7.87. The first kappa shape index (κ1) is 12.5. The molecule has 0 aliphatic rings. The average Bonchev–Trinajstić information content (AvgIpc) is 1.96. The molecule has 0 aromatic rings. The van der Waals surface area contributed by atoms with Crippen molar-refractivity contribution in [2.75, 3.05) is 0 Å². The van der Waals surface area contributed by atoms with Gasteiger partial charge in [-0.15, -0.1) is 0 Å². The molecule has 13 heavy (non-hydrogen) atoms. The summed E-state index contributed by atoms with van der Waals surface area (Å²) < 4.78 is 53.1. The predicted molar refractivity (Wildman–Crippen MR) is 45.2 cm³/mol. The van der Waals surface area contributed by atoms with Crippen LogP contribution in [0, 0.1) is 0 Å². The van der Waals surface area contributed by atoms with E-state index < -0.39 is 15.4 Å². The lowest BCUT2D eigenvalue weighted by atomic mass is 10.2. The van der Waals surface area contributed by atoms with E-state index >= 15 is 0 Å². The molecular formula is C7H12F2O3S. The summed E-state index contributed by atoms with van der Waals surface area (Å²) in [5.74, 6) is 0. The molecule has 0 unspecified atom stereocenters. The summed E-state index contributed by atoms with van der Waals surface area (Å²) in [5, 5.41) is -4.17. The number of hydrogen-bond donors (Lipinski definition) is 1. The van der Waals surface area contributed by atoms with Gasteiger partial charge in [0, 0.05) is 0 Å². The van der Waals surface area contributed by atoms with Crippen molar-refractivity contribution in [3.8, 4) is 0 Å². The van der Waals surface area contributed by atoms with Crippen LogP contribution in [0.15, 0.2) is 12.2 Å². The molecule has 0 aliphatic carbocycles. The van der Waals surface area contributed by atoms with Crippen LogP contribution < -0.4 is 0 Å². The van der Waals surface area contributed by atoms with Gasteiger partial charge < -0.3 is 0 Å². The smallest absolute Gasteiger partial charge is 0.281 e. The molecule has 0 aromatic carbocycles. The molecule has 6 heteroatoms. The van der Waals surface area contributed by atoms with Gasteiger partial charge >= 0.3 is 15.4 Å². The average molecular weight is 214 g/mol. The number of allylic oxidation sites excluding steroid dienone is 1. The zero-order chi connectivity index (χ0) is 10.5. The van der Waals surface area contributed by atoms with Crippen LogP contribution in [-0.2, 0) is 10.1 Å². The summed E-state index contributed by atoms with van der Waals surface area (Å²) in [5.41, 5.74) is 0. The second kappa shape index (κ2) is 4.66. The van der Waals surface area contributed by atoms with E-state index in [0.717, 1.165) is 12.5 Å². The molecule has 3 nitrogen and oxygen atoms in total. The largest absolute Gasteiger partial charge is 0.388 e. The SMILES string of the molecule is CCCC/C=C/C(F)(F)S(=O)(=O)O. The number of unbranched alkanes of at least 4 members (excludes halogenated alkanes) is 2. The summed E-state index contributed by atoms with van der Waals surface area (Å²) >= 11 is 0. The summed E-state index contributed by atoms with van der Waals surface area (Å²) in [6, 6.07) is 0. The molecule has 0 spiro atoms. The molecular weight excluding hydrogens is 202 g/mol. The van der Waals surface area contributed by atoms with Crippen LogP contribution in [0.4, 0.5) is 8.78 Å². The second-order valence-corrected chi connectivity index (χ2v) is 4.08. The minimum atomic E-state index is -5.31. The Morgan fingerprint density at radius 1 is 1.46 bits per heavy atom.